The number of hydrogen-bond acceptors (Lipinski definition) is 4. The highest BCUT2D eigenvalue weighted by atomic mass is 35.5. The summed E-state index contributed by atoms with van der Waals surface area (Å²) in [6, 6.07) is 24.4. The molecule has 0 fully saturated rings. The molecule has 0 heterocycles. The number of benzene rings is 4. The van der Waals surface area contributed by atoms with Crippen LogP contribution in [0, 0.1) is 5.82 Å². The number of carbonyl (C=O) groups excluding carboxylic acids is 2. The Morgan fingerprint density at radius 2 is 1.71 bits per heavy atom. The molecule has 0 saturated heterocycles. The molecule has 0 unspecified atom stereocenters. The average Bonchev–Trinajstić information content (AvgIpc) is 2.85. The fraction of sp³-hybridized carbons (Fsp3) is 0.0741. The van der Waals surface area contributed by atoms with Crippen LogP contribution in [-0.2, 0) is 16.0 Å². The Bertz CT molecular complexity index is 1400. The highest BCUT2D eigenvalue weighted by Gasteiger charge is 2.10. The van der Waals surface area contributed by atoms with Crippen molar-refractivity contribution in [2.75, 3.05) is 11.9 Å². The first-order chi connectivity index (χ1) is 17.0. The van der Waals surface area contributed by atoms with Gasteiger partial charge in [-0.1, -0.05) is 66.2 Å². The van der Waals surface area contributed by atoms with Crippen molar-refractivity contribution in [3.8, 4) is 5.75 Å². The Morgan fingerprint density at radius 3 is 2.54 bits per heavy atom. The Kier molecular flexibility index (Phi) is 7.70. The second kappa shape index (κ2) is 11.3. The number of halogens is 2. The van der Waals surface area contributed by atoms with E-state index in [1.54, 1.807) is 24.3 Å². The minimum Gasteiger partial charge on any atom is -0.482 e. The molecule has 0 saturated carbocycles. The first-order valence-electron chi connectivity index (χ1n) is 10.7. The van der Waals surface area contributed by atoms with Crippen molar-refractivity contribution in [3.63, 3.8) is 0 Å². The van der Waals surface area contributed by atoms with Gasteiger partial charge in [0, 0.05) is 0 Å². The summed E-state index contributed by atoms with van der Waals surface area (Å²) in [6.45, 7) is -0.342. The zero-order chi connectivity index (χ0) is 24.6. The van der Waals surface area contributed by atoms with Crippen LogP contribution in [0.1, 0.15) is 11.1 Å². The lowest BCUT2D eigenvalue weighted by atomic mass is 10.0. The lowest BCUT2D eigenvalue weighted by Gasteiger charge is -2.09. The van der Waals surface area contributed by atoms with Crippen LogP contribution in [0.25, 0.3) is 10.8 Å². The van der Waals surface area contributed by atoms with Crippen LogP contribution in [0.2, 0.25) is 5.02 Å². The molecule has 0 bridgehead atoms. The molecule has 0 aromatic heterocycles. The second-order valence-electron chi connectivity index (χ2n) is 7.61. The van der Waals surface area contributed by atoms with Crippen LogP contribution >= 0.6 is 11.6 Å². The molecule has 35 heavy (non-hydrogen) atoms. The van der Waals surface area contributed by atoms with Gasteiger partial charge in [0.15, 0.2) is 6.61 Å². The molecule has 0 radical (unpaired) electrons. The predicted octanol–water partition coefficient (Wildman–Crippen LogP) is 5.34. The van der Waals surface area contributed by atoms with E-state index in [1.165, 1.54) is 24.4 Å². The number of rotatable bonds is 8. The van der Waals surface area contributed by atoms with Crippen molar-refractivity contribution in [1.82, 2.24) is 5.43 Å². The van der Waals surface area contributed by atoms with Gasteiger partial charge in [-0.25, -0.2) is 9.82 Å². The summed E-state index contributed by atoms with van der Waals surface area (Å²) in [7, 11) is 0. The number of hydrogen-bond donors (Lipinski definition) is 2. The highest BCUT2D eigenvalue weighted by molar-refractivity contribution is 6.32. The van der Waals surface area contributed by atoms with Crippen molar-refractivity contribution in [3.05, 3.63) is 107 Å². The number of ether oxygens (including phenoxy) is 1. The maximum atomic E-state index is 13.6. The molecule has 4 aromatic carbocycles. The van der Waals surface area contributed by atoms with Gasteiger partial charge in [-0.3, -0.25) is 9.59 Å². The molecule has 0 spiro atoms. The summed E-state index contributed by atoms with van der Waals surface area (Å²) in [4.78, 5) is 24.4. The van der Waals surface area contributed by atoms with Gasteiger partial charge < -0.3 is 10.1 Å². The summed E-state index contributed by atoms with van der Waals surface area (Å²) in [5, 5.41) is 8.79. The minimum absolute atomic E-state index is 0.0706. The van der Waals surface area contributed by atoms with Gasteiger partial charge in [-0.15, -0.1) is 0 Å². The molecular formula is C27H21ClFN3O3. The van der Waals surface area contributed by atoms with Gasteiger partial charge in [-0.05, 0) is 52.2 Å². The van der Waals surface area contributed by atoms with Crippen molar-refractivity contribution < 1.29 is 18.7 Å². The van der Waals surface area contributed by atoms with Gasteiger partial charge in [0.05, 0.1) is 23.3 Å². The quantitative estimate of drug-likeness (QED) is 0.259. The van der Waals surface area contributed by atoms with E-state index in [-0.39, 0.29) is 35.4 Å². The molecule has 4 aromatic rings. The fourth-order valence-electron chi connectivity index (χ4n) is 3.44. The Morgan fingerprint density at radius 1 is 0.943 bits per heavy atom. The van der Waals surface area contributed by atoms with Crippen molar-refractivity contribution in [2.24, 2.45) is 5.10 Å². The highest BCUT2D eigenvalue weighted by Crippen LogP contribution is 2.25. The number of carbonyl (C=O) groups is 2. The van der Waals surface area contributed by atoms with Crippen LogP contribution in [0.5, 0.6) is 5.75 Å². The van der Waals surface area contributed by atoms with E-state index in [1.807, 2.05) is 42.5 Å². The number of hydrazone groups is 1. The summed E-state index contributed by atoms with van der Waals surface area (Å²) < 4.78 is 19.1. The van der Waals surface area contributed by atoms with Crippen LogP contribution in [-0.4, -0.2) is 24.6 Å². The molecule has 0 aliphatic heterocycles. The fourth-order valence-corrected chi connectivity index (χ4v) is 3.69. The van der Waals surface area contributed by atoms with Crippen molar-refractivity contribution in [2.45, 2.75) is 6.42 Å². The van der Waals surface area contributed by atoms with Crippen LogP contribution < -0.4 is 15.5 Å². The Labute approximate surface area is 206 Å². The number of anilines is 1. The molecule has 6 nitrogen and oxygen atoms in total. The van der Waals surface area contributed by atoms with E-state index in [0.29, 0.717) is 5.56 Å². The maximum absolute atomic E-state index is 13.6. The number of amides is 2. The maximum Gasteiger partial charge on any atom is 0.262 e. The summed E-state index contributed by atoms with van der Waals surface area (Å²) >= 11 is 6.24. The molecule has 4 rings (SSSR count). The molecule has 2 N–H and O–H groups in total. The molecule has 8 heteroatoms. The largest absolute Gasteiger partial charge is 0.482 e. The number of fused-ring (bicyclic) bond motifs is 1. The Balaban J connectivity index is 1.29. The molecule has 0 aliphatic carbocycles. The van der Waals surface area contributed by atoms with Crippen LogP contribution in [0.4, 0.5) is 10.1 Å². The lowest BCUT2D eigenvalue weighted by Crippen LogP contribution is -2.21. The molecular weight excluding hydrogens is 469 g/mol. The van der Waals surface area contributed by atoms with Crippen LogP contribution in [0.15, 0.2) is 90.0 Å². The monoisotopic (exact) mass is 489 g/mol. The van der Waals surface area contributed by atoms with Gasteiger partial charge in [0.1, 0.15) is 11.6 Å². The third-order valence-electron chi connectivity index (χ3n) is 5.10. The number of nitrogens with zero attached hydrogens (tertiary/aromatic N) is 1. The first kappa shape index (κ1) is 23.9. The summed E-state index contributed by atoms with van der Waals surface area (Å²) in [5.74, 6) is -1.02. The van der Waals surface area contributed by atoms with E-state index in [2.05, 4.69) is 15.8 Å². The normalized spacial score (nSPS) is 10.9. The summed E-state index contributed by atoms with van der Waals surface area (Å²) in [6.07, 6.45) is 1.66. The van der Waals surface area contributed by atoms with E-state index >= 15 is 0 Å². The first-order valence-corrected chi connectivity index (χ1v) is 11.1. The molecule has 2 amide bonds. The number of nitrogens with one attached hydrogen (secondary N) is 2. The minimum atomic E-state index is -0.535. The zero-order valence-electron chi connectivity index (χ0n) is 18.5. The average molecular weight is 490 g/mol. The van der Waals surface area contributed by atoms with Crippen molar-refractivity contribution >= 4 is 46.1 Å². The SMILES string of the molecule is O=C(Cc1cccc2ccccc12)NN=Cc1ccc(OCC(=O)Nc2ccccc2F)c(Cl)c1. The second-order valence-corrected chi connectivity index (χ2v) is 8.02. The third-order valence-corrected chi connectivity index (χ3v) is 5.39. The Hall–Kier alpha value is -4.23. The standard InChI is InChI=1S/C27H21ClFN3O3/c28-22-14-18(12-13-25(22)35-17-27(34)31-24-11-4-3-10-23(24)29)16-30-32-26(33)15-20-8-5-7-19-6-1-2-9-21(19)20/h1-14,16H,15,17H2,(H,31,34)(H,32,33). The van der Waals surface area contributed by atoms with Gasteiger partial charge in [-0.2, -0.15) is 5.10 Å². The molecule has 0 aliphatic rings. The van der Waals surface area contributed by atoms with Crippen molar-refractivity contribution in [1.29, 1.82) is 0 Å². The summed E-state index contributed by atoms with van der Waals surface area (Å²) in [5.41, 5.74) is 4.13. The molecule has 0 atom stereocenters. The molecule has 176 valence electrons. The number of para-hydroxylation sites is 1. The smallest absolute Gasteiger partial charge is 0.262 e. The van der Waals surface area contributed by atoms with Gasteiger partial charge in [0.25, 0.3) is 5.91 Å². The van der Waals surface area contributed by atoms with Gasteiger partial charge in [0.2, 0.25) is 5.91 Å². The third kappa shape index (κ3) is 6.43. The zero-order valence-corrected chi connectivity index (χ0v) is 19.3. The topological polar surface area (TPSA) is 79.8 Å². The van der Waals surface area contributed by atoms with E-state index in [0.717, 1.165) is 16.3 Å². The predicted molar refractivity (Wildman–Crippen MR) is 135 cm³/mol. The van der Waals surface area contributed by atoms with Gasteiger partial charge >= 0.3 is 0 Å². The van der Waals surface area contributed by atoms with E-state index in [4.69, 9.17) is 16.3 Å². The lowest BCUT2D eigenvalue weighted by molar-refractivity contribution is -0.120. The van der Waals surface area contributed by atoms with Crippen LogP contribution in [0.3, 0.4) is 0 Å². The van der Waals surface area contributed by atoms with E-state index < -0.39 is 11.7 Å². The van der Waals surface area contributed by atoms with E-state index in [9.17, 15) is 14.0 Å².